The molecule has 1 aliphatic heterocycles. The van der Waals surface area contributed by atoms with E-state index in [2.05, 4.69) is 21.2 Å². The highest BCUT2D eigenvalue weighted by Gasteiger charge is 2.48. The molecule has 42 heavy (non-hydrogen) atoms. The summed E-state index contributed by atoms with van der Waals surface area (Å²) in [6, 6.07) is 16.6. The number of methoxy groups -OCH3 is 1. The molecular formula is C29H33BrClN5O6. The molecule has 1 heterocycles. The second-order valence-corrected chi connectivity index (χ2v) is 11.0. The van der Waals surface area contributed by atoms with Crippen LogP contribution in [0.15, 0.2) is 59.1 Å². The number of para-hydroxylation sites is 2. The number of hydrogen-bond acceptors (Lipinski definition) is 7. The van der Waals surface area contributed by atoms with Gasteiger partial charge in [0.2, 0.25) is 24.3 Å². The maximum atomic E-state index is 14.5. The molecule has 0 fully saturated rings. The summed E-state index contributed by atoms with van der Waals surface area (Å²) < 4.78 is 6.60. The van der Waals surface area contributed by atoms with Crippen LogP contribution in [-0.4, -0.2) is 55.4 Å². The lowest BCUT2D eigenvalue weighted by molar-refractivity contribution is -0.480. The highest BCUT2D eigenvalue weighted by Crippen LogP contribution is 2.40. The lowest BCUT2D eigenvalue weighted by Gasteiger charge is -2.36. The van der Waals surface area contributed by atoms with Gasteiger partial charge in [0.15, 0.2) is 0 Å². The van der Waals surface area contributed by atoms with Crippen LogP contribution in [0.25, 0.3) is 10.8 Å². The van der Waals surface area contributed by atoms with Crippen molar-refractivity contribution >= 4 is 68.2 Å². The zero-order chi connectivity index (χ0) is 29.9. The molecule has 1 aliphatic rings. The van der Waals surface area contributed by atoms with Gasteiger partial charge < -0.3 is 25.6 Å². The van der Waals surface area contributed by atoms with Crippen molar-refractivity contribution < 1.29 is 24.0 Å². The number of ether oxygens (including phenoxy) is 1. The third-order valence-electron chi connectivity index (χ3n) is 7.74. The van der Waals surface area contributed by atoms with E-state index in [4.69, 9.17) is 10.5 Å². The normalized spacial score (nSPS) is 16.2. The molecule has 3 amide bonds. The molecule has 2 atom stereocenters. The highest BCUT2D eigenvalue weighted by molar-refractivity contribution is 9.10. The van der Waals surface area contributed by atoms with Gasteiger partial charge in [-0.15, -0.1) is 12.4 Å². The lowest BCUT2D eigenvalue weighted by atomic mass is 9.83. The van der Waals surface area contributed by atoms with Crippen LogP contribution in [-0.2, 0) is 20.9 Å². The molecule has 0 aliphatic carbocycles. The van der Waals surface area contributed by atoms with Crippen LogP contribution in [0.3, 0.4) is 0 Å². The predicted octanol–water partition coefficient (Wildman–Crippen LogP) is 4.05. The summed E-state index contributed by atoms with van der Waals surface area (Å²) in [6.45, 7) is 1.11. The SMILES string of the molecule is CNC(C)(C(N)=O)[C@@H]1CN(C(=O)CCC[N+](=O)[O-])c2ccccc2N(Cc2c(OC)ccc3cc(Br)ccc23)C1=O.Cl. The van der Waals surface area contributed by atoms with E-state index >= 15 is 0 Å². The molecule has 0 saturated carbocycles. The Morgan fingerprint density at radius 2 is 1.88 bits per heavy atom. The number of nitrogens with two attached hydrogens (primary N) is 1. The van der Waals surface area contributed by atoms with Gasteiger partial charge in [-0.2, -0.15) is 0 Å². The number of halogens is 2. The number of rotatable bonds is 10. The maximum absolute atomic E-state index is 14.5. The van der Waals surface area contributed by atoms with E-state index < -0.39 is 34.1 Å². The third kappa shape index (κ3) is 6.35. The van der Waals surface area contributed by atoms with E-state index in [1.807, 2.05) is 30.3 Å². The van der Waals surface area contributed by atoms with Crippen molar-refractivity contribution in [3.63, 3.8) is 0 Å². The number of carbonyl (C=O) groups is 3. The Kier molecular flexibility index (Phi) is 10.5. The van der Waals surface area contributed by atoms with Crippen molar-refractivity contribution in [2.45, 2.75) is 31.8 Å². The van der Waals surface area contributed by atoms with Gasteiger partial charge in [-0.25, -0.2) is 0 Å². The first-order chi connectivity index (χ1) is 19.5. The molecule has 13 heteroatoms. The Bertz CT molecular complexity index is 1520. The number of carbonyl (C=O) groups excluding carboxylic acids is 3. The molecule has 0 spiro atoms. The molecule has 3 N–H and O–H groups in total. The summed E-state index contributed by atoms with van der Waals surface area (Å²) in [6.07, 6.45) is -0.0657. The van der Waals surface area contributed by atoms with Crippen LogP contribution < -0.4 is 25.6 Å². The number of anilines is 2. The van der Waals surface area contributed by atoms with Crippen molar-refractivity contribution in [3.05, 3.63) is 74.7 Å². The summed E-state index contributed by atoms with van der Waals surface area (Å²) in [5.74, 6) is -2.06. The molecule has 3 aromatic rings. The minimum absolute atomic E-state index is 0. The minimum Gasteiger partial charge on any atom is -0.496 e. The van der Waals surface area contributed by atoms with Crippen LogP contribution in [0.5, 0.6) is 5.75 Å². The fraction of sp³-hybridized carbons (Fsp3) is 0.345. The molecule has 3 aromatic carbocycles. The highest BCUT2D eigenvalue weighted by atomic mass is 79.9. The molecule has 4 rings (SSSR count). The van der Waals surface area contributed by atoms with Gasteiger partial charge in [-0.05, 0) is 55.1 Å². The smallest absolute Gasteiger partial charge is 0.238 e. The van der Waals surface area contributed by atoms with Gasteiger partial charge in [-0.3, -0.25) is 24.5 Å². The van der Waals surface area contributed by atoms with Crippen molar-refractivity contribution in [1.82, 2.24) is 5.32 Å². The van der Waals surface area contributed by atoms with Crippen molar-refractivity contribution in [3.8, 4) is 5.75 Å². The molecule has 0 bridgehead atoms. The van der Waals surface area contributed by atoms with Crippen LogP contribution in [0.2, 0.25) is 0 Å². The van der Waals surface area contributed by atoms with Gasteiger partial charge in [0.1, 0.15) is 11.3 Å². The number of benzene rings is 3. The summed E-state index contributed by atoms with van der Waals surface area (Å²) in [5.41, 5.74) is 5.98. The number of hydrogen-bond donors (Lipinski definition) is 2. The molecule has 1 unspecified atom stereocenters. The third-order valence-corrected chi connectivity index (χ3v) is 8.23. The van der Waals surface area contributed by atoms with Crippen molar-refractivity contribution in [2.24, 2.45) is 11.7 Å². The van der Waals surface area contributed by atoms with Crippen molar-refractivity contribution in [1.29, 1.82) is 0 Å². The molecule has 11 nitrogen and oxygen atoms in total. The maximum Gasteiger partial charge on any atom is 0.238 e. The standard InChI is InChI=1S/C29H32BrN5O6.ClH/c1-29(32-2,28(31)38)22-17-33(26(36)9-6-14-35(39)40)23-7-4-5-8-24(23)34(27(22)37)16-21-20-12-11-19(30)15-18(20)10-13-25(21)41-3;/h4-5,7-8,10-13,15,22,32H,6,9,14,16-17H2,1-3H3,(H2,31,38);1H/t22-,29?;/m1./s1. The van der Waals surface area contributed by atoms with Crippen LogP contribution >= 0.6 is 28.3 Å². The monoisotopic (exact) mass is 661 g/mol. The molecular weight excluding hydrogens is 630 g/mol. The van der Waals surface area contributed by atoms with Crippen LogP contribution in [0.1, 0.15) is 25.3 Å². The fourth-order valence-electron chi connectivity index (χ4n) is 5.24. The Morgan fingerprint density at radius 3 is 2.50 bits per heavy atom. The van der Waals surface area contributed by atoms with E-state index in [0.717, 1.165) is 20.8 Å². The second-order valence-electron chi connectivity index (χ2n) is 10.1. The van der Waals surface area contributed by atoms with Gasteiger partial charge in [0.05, 0.1) is 30.9 Å². The first-order valence-electron chi connectivity index (χ1n) is 13.1. The molecule has 0 aromatic heterocycles. The fourth-order valence-corrected chi connectivity index (χ4v) is 5.62. The summed E-state index contributed by atoms with van der Waals surface area (Å²) >= 11 is 3.51. The largest absolute Gasteiger partial charge is 0.496 e. The molecule has 0 saturated heterocycles. The van der Waals surface area contributed by atoms with E-state index in [-0.39, 0.29) is 44.9 Å². The number of likely N-dealkylation sites (N-methyl/N-ethyl adjacent to an activating group) is 1. The van der Waals surface area contributed by atoms with E-state index in [0.29, 0.717) is 17.1 Å². The van der Waals surface area contributed by atoms with E-state index in [1.165, 1.54) is 18.9 Å². The Balaban J connectivity index is 0.00000484. The van der Waals surface area contributed by atoms with E-state index in [1.54, 1.807) is 36.3 Å². The molecule has 224 valence electrons. The summed E-state index contributed by atoms with van der Waals surface area (Å²) in [5, 5.41) is 15.6. The predicted molar refractivity (Wildman–Crippen MR) is 167 cm³/mol. The van der Waals surface area contributed by atoms with E-state index in [9.17, 15) is 24.5 Å². The number of nitro groups is 1. The zero-order valence-electron chi connectivity index (χ0n) is 23.5. The quantitative estimate of drug-likeness (QED) is 0.246. The van der Waals surface area contributed by atoms with Crippen molar-refractivity contribution in [2.75, 3.05) is 37.0 Å². The van der Waals surface area contributed by atoms with Gasteiger partial charge in [-0.1, -0.05) is 40.2 Å². The zero-order valence-corrected chi connectivity index (χ0v) is 25.9. The minimum atomic E-state index is -1.51. The van der Waals surface area contributed by atoms with Gasteiger partial charge in [0, 0.05) is 34.3 Å². The van der Waals surface area contributed by atoms with Crippen LogP contribution in [0.4, 0.5) is 11.4 Å². The Labute approximate surface area is 258 Å². The Morgan fingerprint density at radius 1 is 1.19 bits per heavy atom. The lowest BCUT2D eigenvalue weighted by Crippen LogP contribution is -2.63. The average molecular weight is 663 g/mol. The van der Waals surface area contributed by atoms with Gasteiger partial charge >= 0.3 is 0 Å². The molecule has 0 radical (unpaired) electrons. The number of nitrogens with zero attached hydrogens (tertiary/aromatic N) is 3. The number of fused-ring (bicyclic) bond motifs is 2. The Hall–Kier alpha value is -3.74. The summed E-state index contributed by atoms with van der Waals surface area (Å²) in [4.78, 5) is 54.2. The number of primary amides is 1. The number of amides is 3. The van der Waals surface area contributed by atoms with Gasteiger partial charge in [0.25, 0.3) is 0 Å². The topological polar surface area (TPSA) is 148 Å². The van der Waals surface area contributed by atoms with Crippen LogP contribution in [0, 0.1) is 16.0 Å². The first-order valence-corrected chi connectivity index (χ1v) is 13.9. The summed E-state index contributed by atoms with van der Waals surface area (Å²) in [7, 11) is 3.09. The number of nitrogens with one attached hydrogen (secondary N) is 1. The second kappa shape index (κ2) is 13.5. The first kappa shape index (κ1) is 32.8. The average Bonchev–Trinajstić information content (AvgIpc) is 3.07.